The molecular weight excluding hydrogens is 432 g/mol. The average Bonchev–Trinajstić information content (AvgIpc) is 3.50. The lowest BCUT2D eigenvalue weighted by Crippen LogP contribution is -2.12. The zero-order chi connectivity index (χ0) is 21.6. The zero-order valence-corrected chi connectivity index (χ0v) is 18.4. The largest absolute Gasteiger partial charge is 0.466 e. The summed E-state index contributed by atoms with van der Waals surface area (Å²) in [5.41, 5.74) is 2.77. The van der Waals surface area contributed by atoms with Gasteiger partial charge in [-0.2, -0.15) is 5.10 Å². The Balaban J connectivity index is 1.54. The van der Waals surface area contributed by atoms with Gasteiger partial charge in [0, 0.05) is 11.6 Å². The number of ether oxygens (including phenoxy) is 1. The smallest absolute Gasteiger partial charge is 0.311 e. The van der Waals surface area contributed by atoms with Crippen LogP contribution < -0.4 is 5.32 Å². The lowest BCUT2D eigenvalue weighted by atomic mass is 10.2. The van der Waals surface area contributed by atoms with E-state index in [1.165, 1.54) is 22.7 Å². The number of rotatable bonds is 8. The summed E-state index contributed by atoms with van der Waals surface area (Å²) in [6.07, 6.45) is 1.83. The third kappa shape index (κ3) is 5.25. The van der Waals surface area contributed by atoms with E-state index in [9.17, 15) is 9.59 Å². The van der Waals surface area contributed by atoms with Crippen LogP contribution >= 0.6 is 22.7 Å². The van der Waals surface area contributed by atoms with E-state index in [0.717, 1.165) is 10.4 Å². The van der Waals surface area contributed by atoms with E-state index in [4.69, 9.17) is 4.74 Å². The second-order valence-electron chi connectivity index (χ2n) is 6.63. The van der Waals surface area contributed by atoms with E-state index in [1.54, 1.807) is 23.2 Å². The number of hydrogen-bond donors (Lipinski definition) is 1. The summed E-state index contributed by atoms with van der Waals surface area (Å²) in [6.45, 7) is 2.65. The Bertz CT molecular complexity index is 1170. The first-order valence-electron chi connectivity index (χ1n) is 9.69. The van der Waals surface area contributed by atoms with Crippen molar-refractivity contribution >= 4 is 39.7 Å². The van der Waals surface area contributed by atoms with Gasteiger partial charge in [0.2, 0.25) is 0 Å². The molecule has 4 rings (SSSR count). The van der Waals surface area contributed by atoms with E-state index < -0.39 is 0 Å². The topological polar surface area (TPSA) is 86.1 Å². The van der Waals surface area contributed by atoms with Gasteiger partial charge in [0.05, 0.1) is 35.7 Å². The molecule has 4 aromatic rings. The highest BCUT2D eigenvalue weighted by molar-refractivity contribution is 7.14. The Hall–Kier alpha value is -3.30. The summed E-state index contributed by atoms with van der Waals surface area (Å²) in [7, 11) is 0. The van der Waals surface area contributed by atoms with Crippen LogP contribution in [0, 0.1) is 0 Å². The van der Waals surface area contributed by atoms with Gasteiger partial charge in [0.25, 0.3) is 5.91 Å². The van der Waals surface area contributed by atoms with E-state index in [2.05, 4.69) is 15.4 Å². The van der Waals surface area contributed by atoms with Crippen molar-refractivity contribution in [1.29, 1.82) is 0 Å². The monoisotopic (exact) mass is 452 g/mol. The third-order valence-electron chi connectivity index (χ3n) is 4.35. The Morgan fingerprint density at radius 2 is 1.97 bits per heavy atom. The van der Waals surface area contributed by atoms with E-state index in [1.807, 2.05) is 47.8 Å². The second-order valence-corrected chi connectivity index (χ2v) is 8.44. The number of nitrogens with one attached hydrogen (secondary N) is 1. The molecule has 0 aliphatic heterocycles. The number of aromatic nitrogens is 3. The van der Waals surface area contributed by atoms with Crippen molar-refractivity contribution < 1.29 is 14.3 Å². The maximum absolute atomic E-state index is 13.0. The van der Waals surface area contributed by atoms with Crippen LogP contribution in [0.2, 0.25) is 0 Å². The molecule has 1 N–H and O–H groups in total. The molecule has 0 bridgehead atoms. The summed E-state index contributed by atoms with van der Waals surface area (Å²) in [5, 5.41) is 11.6. The summed E-state index contributed by atoms with van der Waals surface area (Å²) in [6, 6.07) is 13.8. The predicted molar refractivity (Wildman–Crippen MR) is 121 cm³/mol. The Morgan fingerprint density at radius 1 is 1.13 bits per heavy atom. The van der Waals surface area contributed by atoms with Crippen molar-refractivity contribution in [2.24, 2.45) is 0 Å². The van der Waals surface area contributed by atoms with E-state index >= 15 is 0 Å². The first kappa shape index (κ1) is 21.0. The van der Waals surface area contributed by atoms with E-state index in [-0.39, 0.29) is 18.3 Å². The molecule has 31 heavy (non-hydrogen) atoms. The minimum Gasteiger partial charge on any atom is -0.466 e. The fraction of sp³-hybridized carbons (Fsp3) is 0.182. The number of anilines is 1. The molecule has 0 atom stereocenters. The molecule has 7 nitrogen and oxygen atoms in total. The van der Waals surface area contributed by atoms with E-state index in [0.29, 0.717) is 35.2 Å². The van der Waals surface area contributed by atoms with Crippen LogP contribution in [0.15, 0.2) is 59.4 Å². The third-order valence-corrected chi connectivity index (χ3v) is 6.03. The van der Waals surface area contributed by atoms with Crippen LogP contribution in [0.3, 0.4) is 0 Å². The molecule has 0 radical (unpaired) electrons. The number of amides is 1. The molecule has 1 aromatic carbocycles. The Morgan fingerprint density at radius 3 is 2.71 bits per heavy atom. The van der Waals surface area contributed by atoms with Crippen LogP contribution in [0.4, 0.5) is 5.13 Å². The number of nitrogens with zero attached hydrogens (tertiary/aromatic N) is 3. The van der Waals surface area contributed by atoms with Gasteiger partial charge in [-0.3, -0.25) is 19.6 Å². The molecule has 0 aliphatic carbocycles. The van der Waals surface area contributed by atoms with Crippen molar-refractivity contribution in [3.8, 4) is 10.6 Å². The summed E-state index contributed by atoms with van der Waals surface area (Å²) in [5.74, 6) is -0.632. The van der Waals surface area contributed by atoms with Gasteiger partial charge < -0.3 is 4.74 Å². The predicted octanol–water partition coefficient (Wildman–Crippen LogP) is 4.47. The molecule has 0 saturated carbocycles. The number of carbonyl (C=O) groups is 2. The number of thiazole rings is 1. The average molecular weight is 453 g/mol. The molecule has 0 fully saturated rings. The normalized spacial score (nSPS) is 10.7. The second kappa shape index (κ2) is 9.67. The lowest BCUT2D eigenvalue weighted by molar-refractivity contribution is -0.142. The number of esters is 1. The summed E-state index contributed by atoms with van der Waals surface area (Å²) >= 11 is 2.80. The van der Waals surface area contributed by atoms with Crippen LogP contribution in [0.1, 0.15) is 28.5 Å². The van der Waals surface area contributed by atoms with Gasteiger partial charge in [-0.1, -0.05) is 36.4 Å². The Labute approximate surface area is 187 Å². The fourth-order valence-electron chi connectivity index (χ4n) is 3.00. The van der Waals surface area contributed by atoms with Gasteiger partial charge in [-0.15, -0.1) is 22.7 Å². The minimum atomic E-state index is -0.340. The molecule has 158 valence electrons. The molecule has 0 spiro atoms. The van der Waals surface area contributed by atoms with Gasteiger partial charge in [-0.05, 0) is 23.9 Å². The van der Waals surface area contributed by atoms with Crippen molar-refractivity contribution in [3.63, 3.8) is 0 Å². The SMILES string of the molecule is CCOC(=O)Cc1csc(NC(=O)c2cn(Cc3ccccc3)nc2-c2cccs2)n1. The van der Waals surface area contributed by atoms with Crippen molar-refractivity contribution in [2.45, 2.75) is 19.9 Å². The minimum absolute atomic E-state index is 0.0790. The summed E-state index contributed by atoms with van der Waals surface area (Å²) < 4.78 is 6.71. The van der Waals surface area contributed by atoms with Crippen LogP contribution in [-0.2, 0) is 22.5 Å². The molecule has 1 amide bonds. The number of benzene rings is 1. The van der Waals surface area contributed by atoms with Gasteiger partial charge in [-0.25, -0.2) is 4.98 Å². The highest BCUT2D eigenvalue weighted by Crippen LogP contribution is 2.28. The van der Waals surface area contributed by atoms with Crippen molar-refractivity contribution in [3.05, 3.63) is 76.2 Å². The van der Waals surface area contributed by atoms with Crippen LogP contribution in [-0.4, -0.2) is 33.2 Å². The molecular formula is C22H20N4O3S2. The maximum Gasteiger partial charge on any atom is 0.311 e. The molecule has 9 heteroatoms. The standard InChI is InChI=1S/C22H20N4O3S2/c1-2-29-19(27)11-16-14-31-22(23-16)24-21(28)17-13-26(12-15-7-4-3-5-8-15)25-20(17)18-9-6-10-30-18/h3-10,13-14H,2,11-12H2,1H3,(H,23,24,28). The molecule has 0 aliphatic rings. The number of carbonyl (C=O) groups excluding carboxylic acids is 2. The van der Waals surface area contributed by atoms with Gasteiger partial charge >= 0.3 is 5.97 Å². The van der Waals surface area contributed by atoms with Crippen LogP contribution in [0.25, 0.3) is 10.6 Å². The molecule has 0 unspecified atom stereocenters. The van der Waals surface area contributed by atoms with Crippen LogP contribution in [0.5, 0.6) is 0 Å². The highest BCUT2D eigenvalue weighted by atomic mass is 32.1. The maximum atomic E-state index is 13.0. The lowest BCUT2D eigenvalue weighted by Gasteiger charge is -2.01. The quantitative estimate of drug-likeness (QED) is 0.399. The first-order chi connectivity index (χ1) is 15.1. The van der Waals surface area contributed by atoms with Crippen molar-refractivity contribution in [1.82, 2.24) is 14.8 Å². The number of hydrogen-bond acceptors (Lipinski definition) is 7. The fourth-order valence-corrected chi connectivity index (χ4v) is 4.43. The Kier molecular flexibility index (Phi) is 6.54. The molecule has 0 saturated heterocycles. The molecule has 3 heterocycles. The van der Waals surface area contributed by atoms with Gasteiger partial charge in [0.15, 0.2) is 5.13 Å². The van der Waals surface area contributed by atoms with Crippen molar-refractivity contribution in [2.75, 3.05) is 11.9 Å². The summed E-state index contributed by atoms with van der Waals surface area (Å²) in [4.78, 5) is 29.9. The van der Waals surface area contributed by atoms with Gasteiger partial charge in [0.1, 0.15) is 5.69 Å². The number of thiophene rings is 1. The highest BCUT2D eigenvalue weighted by Gasteiger charge is 2.20. The molecule has 3 aromatic heterocycles. The zero-order valence-electron chi connectivity index (χ0n) is 16.8. The first-order valence-corrected chi connectivity index (χ1v) is 11.4.